The highest BCUT2D eigenvalue weighted by atomic mass is 16.5. The number of ether oxygens (including phenoxy) is 2. The molecule has 1 aromatic heterocycles. The SMILES string of the molecule is COc1cccc(-n2nnn(C)c2=O)c1COc1ccc(C(=O)NC(C)(C)CO)cc1C. The lowest BCUT2D eigenvalue weighted by Gasteiger charge is -2.23. The highest BCUT2D eigenvalue weighted by Gasteiger charge is 2.21. The molecule has 0 radical (unpaired) electrons. The molecule has 3 aromatic rings. The summed E-state index contributed by atoms with van der Waals surface area (Å²) >= 11 is 0. The van der Waals surface area contributed by atoms with E-state index in [1.54, 1.807) is 50.2 Å². The number of hydrogen-bond acceptors (Lipinski definition) is 7. The molecule has 0 atom stereocenters. The van der Waals surface area contributed by atoms with Crippen molar-refractivity contribution in [2.45, 2.75) is 32.9 Å². The van der Waals surface area contributed by atoms with Crippen LogP contribution < -0.4 is 20.5 Å². The first kappa shape index (κ1) is 23.0. The van der Waals surface area contributed by atoms with E-state index in [0.29, 0.717) is 28.3 Å². The molecule has 0 aliphatic carbocycles. The highest BCUT2D eigenvalue weighted by molar-refractivity contribution is 5.95. The Morgan fingerprint density at radius 3 is 2.53 bits per heavy atom. The van der Waals surface area contributed by atoms with Crippen molar-refractivity contribution < 1.29 is 19.4 Å². The summed E-state index contributed by atoms with van der Waals surface area (Å²) < 4.78 is 13.8. The predicted octanol–water partition coefficient (Wildman–Crippen LogP) is 1.36. The number of aliphatic hydroxyl groups excluding tert-OH is 1. The van der Waals surface area contributed by atoms with Crippen LogP contribution >= 0.6 is 0 Å². The van der Waals surface area contributed by atoms with Crippen molar-refractivity contribution in [3.8, 4) is 17.2 Å². The van der Waals surface area contributed by atoms with Crippen molar-refractivity contribution in [2.24, 2.45) is 7.05 Å². The molecular formula is C22H27N5O5. The van der Waals surface area contributed by atoms with Crippen LogP contribution in [0, 0.1) is 6.92 Å². The maximum Gasteiger partial charge on any atom is 0.368 e. The van der Waals surface area contributed by atoms with Crippen molar-refractivity contribution in [3.05, 3.63) is 63.6 Å². The Bertz CT molecular complexity index is 1180. The van der Waals surface area contributed by atoms with E-state index < -0.39 is 11.2 Å². The summed E-state index contributed by atoms with van der Waals surface area (Å²) in [4.78, 5) is 24.8. The number of nitrogens with zero attached hydrogens (tertiary/aromatic N) is 4. The van der Waals surface area contributed by atoms with Gasteiger partial charge in [-0.15, -0.1) is 0 Å². The fourth-order valence-corrected chi connectivity index (χ4v) is 3.08. The van der Waals surface area contributed by atoms with Crippen molar-refractivity contribution in [1.29, 1.82) is 0 Å². The summed E-state index contributed by atoms with van der Waals surface area (Å²) in [7, 11) is 3.06. The van der Waals surface area contributed by atoms with E-state index in [0.717, 1.165) is 10.2 Å². The predicted molar refractivity (Wildman–Crippen MR) is 117 cm³/mol. The molecule has 10 heteroatoms. The molecule has 170 valence electrons. The minimum Gasteiger partial charge on any atom is -0.496 e. The van der Waals surface area contributed by atoms with Gasteiger partial charge in [-0.2, -0.15) is 9.36 Å². The van der Waals surface area contributed by atoms with Crippen LogP contribution in [0.25, 0.3) is 5.69 Å². The van der Waals surface area contributed by atoms with Crippen molar-refractivity contribution in [3.63, 3.8) is 0 Å². The molecule has 0 spiro atoms. The summed E-state index contributed by atoms with van der Waals surface area (Å²) in [5, 5.41) is 19.8. The van der Waals surface area contributed by atoms with E-state index in [-0.39, 0.29) is 19.1 Å². The van der Waals surface area contributed by atoms with Crippen LogP contribution in [0.1, 0.15) is 35.3 Å². The van der Waals surface area contributed by atoms with E-state index in [1.165, 1.54) is 18.8 Å². The van der Waals surface area contributed by atoms with Crippen LogP contribution in [-0.2, 0) is 13.7 Å². The Balaban J connectivity index is 1.85. The number of amides is 1. The molecule has 0 aliphatic heterocycles. The van der Waals surface area contributed by atoms with Gasteiger partial charge in [-0.3, -0.25) is 4.79 Å². The standard InChI is InChI=1S/C22H27N5O5/c1-14-11-15(20(29)23-22(2,3)13-28)9-10-18(14)32-12-16-17(7-6-8-19(16)31-5)27-21(30)26(4)24-25-27/h6-11,28H,12-13H2,1-5H3,(H,23,29). The summed E-state index contributed by atoms with van der Waals surface area (Å²) in [6.07, 6.45) is 0. The van der Waals surface area contributed by atoms with Crippen LogP contribution in [-0.4, -0.2) is 50.1 Å². The van der Waals surface area contributed by atoms with Gasteiger partial charge in [0, 0.05) is 12.6 Å². The van der Waals surface area contributed by atoms with E-state index in [1.807, 2.05) is 6.92 Å². The maximum absolute atomic E-state index is 12.5. The van der Waals surface area contributed by atoms with Crippen molar-refractivity contribution >= 4 is 5.91 Å². The number of nitrogens with one attached hydrogen (secondary N) is 1. The average molecular weight is 441 g/mol. The topological polar surface area (TPSA) is 121 Å². The number of aryl methyl sites for hydroxylation is 2. The van der Waals surface area contributed by atoms with Gasteiger partial charge < -0.3 is 19.9 Å². The fourth-order valence-electron chi connectivity index (χ4n) is 3.08. The Kier molecular flexibility index (Phi) is 6.64. The Morgan fingerprint density at radius 2 is 1.94 bits per heavy atom. The van der Waals surface area contributed by atoms with E-state index in [2.05, 4.69) is 15.7 Å². The molecule has 0 fully saturated rings. The first-order valence-electron chi connectivity index (χ1n) is 9.99. The van der Waals surface area contributed by atoms with Gasteiger partial charge in [0.2, 0.25) is 0 Å². The zero-order valence-electron chi connectivity index (χ0n) is 18.7. The number of methoxy groups -OCH3 is 1. The van der Waals surface area contributed by atoms with Crippen LogP contribution in [0.5, 0.6) is 11.5 Å². The molecule has 0 aliphatic rings. The second kappa shape index (κ2) is 9.23. The van der Waals surface area contributed by atoms with Crippen LogP contribution in [0.4, 0.5) is 0 Å². The third-order valence-corrected chi connectivity index (χ3v) is 4.93. The Labute approximate surface area is 185 Å². The number of rotatable bonds is 8. The monoisotopic (exact) mass is 441 g/mol. The molecule has 0 unspecified atom stereocenters. The smallest absolute Gasteiger partial charge is 0.368 e. The second-order valence-electron chi connectivity index (χ2n) is 8.02. The Morgan fingerprint density at radius 1 is 1.19 bits per heavy atom. The number of tetrazole rings is 1. The molecule has 0 saturated carbocycles. The number of carbonyl (C=O) groups excluding carboxylic acids is 1. The number of benzene rings is 2. The van der Waals surface area contributed by atoms with Crippen molar-refractivity contribution in [1.82, 2.24) is 25.1 Å². The molecule has 0 bridgehead atoms. The molecule has 32 heavy (non-hydrogen) atoms. The summed E-state index contributed by atoms with van der Waals surface area (Å²) in [5.74, 6) is 0.832. The lowest BCUT2D eigenvalue weighted by molar-refractivity contribution is 0.0869. The fraction of sp³-hybridized carbons (Fsp3) is 0.364. The quantitative estimate of drug-likeness (QED) is 0.541. The van der Waals surface area contributed by atoms with Gasteiger partial charge in [0.15, 0.2) is 0 Å². The maximum atomic E-state index is 12.5. The zero-order valence-corrected chi connectivity index (χ0v) is 18.7. The van der Waals surface area contributed by atoms with E-state index in [4.69, 9.17) is 9.47 Å². The minimum atomic E-state index is -0.723. The molecule has 2 N–H and O–H groups in total. The van der Waals surface area contributed by atoms with Crippen LogP contribution in [0.2, 0.25) is 0 Å². The highest BCUT2D eigenvalue weighted by Crippen LogP contribution is 2.27. The second-order valence-corrected chi connectivity index (χ2v) is 8.02. The number of carbonyl (C=O) groups is 1. The summed E-state index contributed by atoms with van der Waals surface area (Å²) in [5.41, 5.74) is 1.23. The van der Waals surface area contributed by atoms with Crippen molar-refractivity contribution in [2.75, 3.05) is 13.7 Å². The first-order chi connectivity index (χ1) is 15.2. The largest absolute Gasteiger partial charge is 0.496 e. The summed E-state index contributed by atoms with van der Waals surface area (Å²) in [6, 6.07) is 10.3. The molecule has 0 saturated heterocycles. The first-order valence-corrected chi connectivity index (χ1v) is 9.99. The van der Waals surface area contributed by atoms with E-state index in [9.17, 15) is 14.7 Å². The molecule has 1 heterocycles. The van der Waals surface area contributed by atoms with Gasteiger partial charge in [0.1, 0.15) is 18.1 Å². The summed E-state index contributed by atoms with van der Waals surface area (Å²) in [6.45, 7) is 5.24. The minimum absolute atomic E-state index is 0.103. The lowest BCUT2D eigenvalue weighted by Crippen LogP contribution is -2.46. The average Bonchev–Trinajstić information content (AvgIpc) is 3.10. The number of aliphatic hydroxyl groups is 1. The van der Waals surface area contributed by atoms with Crippen LogP contribution in [0.3, 0.4) is 0 Å². The van der Waals surface area contributed by atoms with Gasteiger partial charge in [0.25, 0.3) is 5.91 Å². The van der Waals surface area contributed by atoms with Gasteiger partial charge in [-0.1, -0.05) is 6.07 Å². The van der Waals surface area contributed by atoms with Gasteiger partial charge in [-0.25, -0.2) is 4.79 Å². The van der Waals surface area contributed by atoms with E-state index >= 15 is 0 Å². The Hall–Kier alpha value is -3.66. The lowest BCUT2D eigenvalue weighted by atomic mass is 10.0. The normalized spacial score (nSPS) is 11.3. The molecule has 2 aromatic carbocycles. The number of aromatic nitrogens is 4. The van der Waals surface area contributed by atoms with Gasteiger partial charge in [0.05, 0.1) is 30.5 Å². The van der Waals surface area contributed by atoms with Gasteiger partial charge in [-0.05, 0) is 67.1 Å². The van der Waals surface area contributed by atoms with Crippen LogP contribution in [0.15, 0.2) is 41.2 Å². The third kappa shape index (κ3) is 4.80. The molecule has 3 rings (SSSR count). The third-order valence-electron chi connectivity index (χ3n) is 4.93. The molecule has 10 nitrogen and oxygen atoms in total. The number of hydrogen-bond donors (Lipinski definition) is 2. The molecular weight excluding hydrogens is 414 g/mol. The molecule has 1 amide bonds. The zero-order chi connectivity index (χ0) is 23.5. The van der Waals surface area contributed by atoms with Gasteiger partial charge >= 0.3 is 5.69 Å².